The summed E-state index contributed by atoms with van der Waals surface area (Å²) in [6.45, 7) is 6.39. The van der Waals surface area contributed by atoms with Gasteiger partial charge >= 0.3 is 17.9 Å². The molecule has 6 heteroatoms. The Morgan fingerprint density at radius 2 is 0.656 bits per heavy atom. The Morgan fingerprint density at radius 3 is 1.07 bits per heavy atom. The summed E-state index contributed by atoms with van der Waals surface area (Å²) >= 11 is 0. The predicted octanol–water partition coefficient (Wildman–Crippen LogP) is 16.6. The molecule has 0 heterocycles. The van der Waals surface area contributed by atoms with Gasteiger partial charge in [0.2, 0.25) is 0 Å². The summed E-state index contributed by atoms with van der Waals surface area (Å²) in [7, 11) is 0. The number of carbonyl (C=O) groups is 3. The van der Waals surface area contributed by atoms with Crippen LogP contribution in [0.5, 0.6) is 0 Å². The van der Waals surface area contributed by atoms with Crippen molar-refractivity contribution >= 4 is 17.9 Å². The van der Waals surface area contributed by atoms with Crippen molar-refractivity contribution < 1.29 is 28.6 Å². The summed E-state index contributed by atoms with van der Waals surface area (Å²) in [6.07, 6.45) is 62.2. The van der Waals surface area contributed by atoms with Gasteiger partial charge in [-0.15, -0.1) is 0 Å². The summed E-state index contributed by atoms with van der Waals surface area (Å²) < 4.78 is 16.6. The first kappa shape index (κ1) is 57.9. The summed E-state index contributed by atoms with van der Waals surface area (Å²) in [4.78, 5) is 37.6. The van der Waals surface area contributed by atoms with Gasteiger partial charge in [0.15, 0.2) is 6.10 Å². The molecule has 0 aromatic carbocycles. The second kappa shape index (κ2) is 49.5. The lowest BCUT2D eigenvalue weighted by molar-refractivity contribution is -0.167. The molecule has 0 saturated carbocycles. The molecule has 0 aromatic heterocycles. The largest absolute Gasteiger partial charge is 0.462 e. The predicted molar refractivity (Wildman–Crippen MR) is 261 cm³/mol. The first-order valence-electron chi connectivity index (χ1n) is 25.4. The molecule has 0 amide bonds. The quantitative estimate of drug-likeness (QED) is 0.0263. The lowest BCUT2D eigenvalue weighted by Crippen LogP contribution is -2.30. The zero-order valence-corrected chi connectivity index (χ0v) is 39.9. The minimum atomic E-state index is -0.801. The molecule has 6 nitrogen and oxygen atoms in total. The standard InChI is InChI=1S/C55H94O6/c1-4-7-10-13-15-17-19-21-23-25-26-27-28-30-31-33-35-37-39-42-45-48-54(57)60-51-52(50-59-53(56)47-44-41-12-9-6-3)61-55(58)49-46-43-40-38-36-34-32-29-24-22-20-18-16-14-11-8-5-2/h8,11,16,18,22,24-26,32,34,38,40,52H,4-7,9-10,12-15,17,19-21,23,27-31,33,35-37,39,41-51H2,1-3H3/b11-8-,18-16-,24-22-,26-25-,34-32-,40-38-. The molecule has 1 atom stereocenters. The fraction of sp³-hybridized carbons (Fsp3) is 0.727. The first-order valence-corrected chi connectivity index (χ1v) is 25.4. The average Bonchev–Trinajstić information content (AvgIpc) is 3.26. The summed E-state index contributed by atoms with van der Waals surface area (Å²) in [5, 5.41) is 0. The van der Waals surface area contributed by atoms with Gasteiger partial charge in [-0.3, -0.25) is 14.4 Å². The minimum Gasteiger partial charge on any atom is -0.462 e. The third-order valence-electron chi connectivity index (χ3n) is 10.7. The molecule has 0 N–H and O–H groups in total. The average molecular weight is 851 g/mol. The molecule has 0 aliphatic heterocycles. The van der Waals surface area contributed by atoms with E-state index in [0.29, 0.717) is 19.3 Å². The van der Waals surface area contributed by atoms with Crippen LogP contribution >= 0.6 is 0 Å². The SMILES string of the molecule is CC/C=C\C/C=C\C/C=C\C/C=C\C/C=C\CCCC(=O)OC(COC(=O)CCCCCCC)COC(=O)CCCCCCCCCCC/C=C\CCCCCCCCCC. The van der Waals surface area contributed by atoms with E-state index in [1.165, 1.54) is 103 Å². The zero-order chi connectivity index (χ0) is 44.4. The summed E-state index contributed by atoms with van der Waals surface area (Å²) in [5.74, 6) is -0.974. The highest BCUT2D eigenvalue weighted by molar-refractivity contribution is 5.71. The van der Waals surface area contributed by atoms with Crippen molar-refractivity contribution in [1.29, 1.82) is 0 Å². The smallest absolute Gasteiger partial charge is 0.306 e. The Kier molecular flexibility index (Phi) is 46.9. The van der Waals surface area contributed by atoms with Crippen LogP contribution < -0.4 is 0 Å². The number of esters is 3. The van der Waals surface area contributed by atoms with Gasteiger partial charge in [0.1, 0.15) is 13.2 Å². The molecular weight excluding hydrogens is 757 g/mol. The highest BCUT2D eigenvalue weighted by Gasteiger charge is 2.19. The number of allylic oxidation sites excluding steroid dienone is 12. The van der Waals surface area contributed by atoms with Crippen LogP contribution in [-0.2, 0) is 28.6 Å². The molecule has 0 bridgehead atoms. The molecule has 1 unspecified atom stereocenters. The highest BCUT2D eigenvalue weighted by atomic mass is 16.6. The van der Waals surface area contributed by atoms with Crippen LogP contribution in [0.15, 0.2) is 72.9 Å². The molecule has 0 aromatic rings. The maximum Gasteiger partial charge on any atom is 0.306 e. The number of unbranched alkanes of at least 4 members (excludes halogenated alkanes) is 22. The fourth-order valence-corrected chi connectivity index (χ4v) is 6.88. The molecule has 0 radical (unpaired) electrons. The van der Waals surface area contributed by atoms with Crippen molar-refractivity contribution in [1.82, 2.24) is 0 Å². The van der Waals surface area contributed by atoms with Crippen molar-refractivity contribution in [3.63, 3.8) is 0 Å². The number of hydrogen-bond donors (Lipinski definition) is 0. The van der Waals surface area contributed by atoms with E-state index in [2.05, 4.69) is 93.7 Å². The second-order valence-corrected chi connectivity index (χ2v) is 16.7. The minimum absolute atomic E-state index is 0.0990. The van der Waals surface area contributed by atoms with Crippen LogP contribution in [0, 0.1) is 0 Å². The molecule has 0 spiro atoms. The van der Waals surface area contributed by atoms with Gasteiger partial charge in [-0.1, -0.05) is 209 Å². The molecule has 0 fully saturated rings. The van der Waals surface area contributed by atoms with Gasteiger partial charge < -0.3 is 14.2 Å². The van der Waals surface area contributed by atoms with Gasteiger partial charge in [0.05, 0.1) is 0 Å². The Morgan fingerprint density at radius 1 is 0.344 bits per heavy atom. The Labute approximate surface area is 376 Å². The van der Waals surface area contributed by atoms with Crippen LogP contribution in [0.25, 0.3) is 0 Å². The molecule has 61 heavy (non-hydrogen) atoms. The van der Waals surface area contributed by atoms with Crippen LogP contribution in [0.3, 0.4) is 0 Å². The third kappa shape index (κ3) is 47.7. The fourth-order valence-electron chi connectivity index (χ4n) is 6.88. The van der Waals surface area contributed by atoms with E-state index in [1.807, 2.05) is 0 Å². The first-order chi connectivity index (χ1) is 30.0. The summed E-state index contributed by atoms with van der Waals surface area (Å²) in [5.41, 5.74) is 0. The van der Waals surface area contributed by atoms with E-state index in [0.717, 1.165) is 89.9 Å². The molecule has 0 saturated heterocycles. The van der Waals surface area contributed by atoms with E-state index < -0.39 is 6.10 Å². The Balaban J connectivity index is 4.23. The van der Waals surface area contributed by atoms with Crippen LogP contribution in [0.1, 0.15) is 239 Å². The van der Waals surface area contributed by atoms with E-state index in [9.17, 15) is 14.4 Å². The molecule has 0 aliphatic carbocycles. The Bertz CT molecular complexity index is 1160. The van der Waals surface area contributed by atoms with Crippen LogP contribution in [0.4, 0.5) is 0 Å². The number of ether oxygens (including phenoxy) is 3. The van der Waals surface area contributed by atoms with Crippen molar-refractivity contribution in [3.8, 4) is 0 Å². The van der Waals surface area contributed by atoms with Crippen molar-refractivity contribution in [2.75, 3.05) is 13.2 Å². The van der Waals surface area contributed by atoms with Gasteiger partial charge in [-0.2, -0.15) is 0 Å². The topological polar surface area (TPSA) is 78.9 Å². The van der Waals surface area contributed by atoms with Gasteiger partial charge in [0.25, 0.3) is 0 Å². The molecule has 350 valence electrons. The van der Waals surface area contributed by atoms with Crippen molar-refractivity contribution in [2.24, 2.45) is 0 Å². The number of hydrogen-bond acceptors (Lipinski definition) is 6. The molecular formula is C55H94O6. The normalized spacial score (nSPS) is 12.6. The molecule has 0 rings (SSSR count). The zero-order valence-electron chi connectivity index (χ0n) is 39.9. The number of rotatable bonds is 45. The van der Waals surface area contributed by atoms with E-state index in [-0.39, 0.29) is 37.5 Å². The maximum atomic E-state index is 12.7. The lowest BCUT2D eigenvalue weighted by atomic mass is 10.1. The summed E-state index contributed by atoms with van der Waals surface area (Å²) in [6, 6.07) is 0. The van der Waals surface area contributed by atoms with E-state index in [4.69, 9.17) is 14.2 Å². The second-order valence-electron chi connectivity index (χ2n) is 16.7. The van der Waals surface area contributed by atoms with Crippen LogP contribution in [0.2, 0.25) is 0 Å². The van der Waals surface area contributed by atoms with Gasteiger partial charge in [-0.05, 0) is 83.5 Å². The lowest BCUT2D eigenvalue weighted by Gasteiger charge is -2.18. The highest BCUT2D eigenvalue weighted by Crippen LogP contribution is 2.14. The van der Waals surface area contributed by atoms with E-state index >= 15 is 0 Å². The van der Waals surface area contributed by atoms with Crippen molar-refractivity contribution in [3.05, 3.63) is 72.9 Å². The van der Waals surface area contributed by atoms with Gasteiger partial charge in [-0.25, -0.2) is 0 Å². The van der Waals surface area contributed by atoms with Crippen LogP contribution in [-0.4, -0.2) is 37.2 Å². The third-order valence-corrected chi connectivity index (χ3v) is 10.7. The monoisotopic (exact) mass is 851 g/mol. The van der Waals surface area contributed by atoms with Crippen molar-refractivity contribution in [2.45, 2.75) is 245 Å². The Hall–Kier alpha value is -3.15. The molecule has 0 aliphatic rings. The van der Waals surface area contributed by atoms with E-state index in [1.54, 1.807) is 0 Å². The maximum absolute atomic E-state index is 12.7. The van der Waals surface area contributed by atoms with Gasteiger partial charge in [0, 0.05) is 19.3 Å². The number of carbonyl (C=O) groups excluding carboxylic acids is 3.